The third kappa shape index (κ3) is 4.07. The Labute approximate surface area is 118 Å². The van der Waals surface area contributed by atoms with E-state index in [1.54, 1.807) is 5.56 Å². The molecule has 2 unspecified atom stereocenters. The summed E-state index contributed by atoms with van der Waals surface area (Å²) < 4.78 is 0. The van der Waals surface area contributed by atoms with Crippen molar-refractivity contribution in [2.75, 3.05) is 13.1 Å². The van der Waals surface area contributed by atoms with Gasteiger partial charge in [-0.15, -0.1) is 0 Å². The van der Waals surface area contributed by atoms with Gasteiger partial charge >= 0.3 is 0 Å². The van der Waals surface area contributed by atoms with Crippen molar-refractivity contribution in [3.05, 3.63) is 35.4 Å². The molecule has 2 rings (SSSR count). The van der Waals surface area contributed by atoms with Gasteiger partial charge in [-0.25, -0.2) is 0 Å². The summed E-state index contributed by atoms with van der Waals surface area (Å²) in [6.45, 7) is 6.89. The standard InChI is InChI=1S/C18H29N/c1-3-13-19-14-16-10-5-4-6-12-18(16)17-11-8-7-9-15(17)2/h7-9,11,16,18-19H,3-6,10,12-14H2,1-2H3. The van der Waals surface area contributed by atoms with Crippen molar-refractivity contribution >= 4 is 0 Å². The maximum Gasteiger partial charge on any atom is -0.00147 e. The Bertz CT molecular complexity index is 372. The van der Waals surface area contributed by atoms with Gasteiger partial charge in [0, 0.05) is 0 Å². The molecule has 1 saturated carbocycles. The highest BCUT2D eigenvalue weighted by atomic mass is 14.9. The lowest BCUT2D eigenvalue weighted by atomic mass is 9.80. The molecule has 1 heteroatoms. The van der Waals surface area contributed by atoms with Crippen molar-refractivity contribution in [2.45, 2.75) is 58.3 Å². The first-order chi connectivity index (χ1) is 9.33. The van der Waals surface area contributed by atoms with Crippen LogP contribution in [-0.2, 0) is 0 Å². The van der Waals surface area contributed by atoms with Crippen LogP contribution in [0.4, 0.5) is 0 Å². The zero-order valence-electron chi connectivity index (χ0n) is 12.6. The number of hydrogen-bond donors (Lipinski definition) is 1. The number of aryl methyl sites for hydroxylation is 1. The predicted octanol–water partition coefficient (Wildman–Crippen LogP) is 4.66. The molecule has 0 heterocycles. The van der Waals surface area contributed by atoms with Crippen LogP contribution < -0.4 is 5.32 Å². The van der Waals surface area contributed by atoms with Gasteiger partial charge in [-0.1, -0.05) is 50.5 Å². The molecule has 1 aromatic rings. The number of benzene rings is 1. The van der Waals surface area contributed by atoms with Crippen molar-refractivity contribution in [1.82, 2.24) is 5.32 Å². The predicted molar refractivity (Wildman–Crippen MR) is 83.7 cm³/mol. The molecule has 1 fully saturated rings. The SMILES string of the molecule is CCCNCC1CCCCCC1c1ccccc1C. The topological polar surface area (TPSA) is 12.0 Å². The van der Waals surface area contributed by atoms with Gasteiger partial charge in [-0.05, 0) is 62.2 Å². The van der Waals surface area contributed by atoms with Crippen LogP contribution >= 0.6 is 0 Å². The largest absolute Gasteiger partial charge is 0.316 e. The Balaban J connectivity index is 2.10. The molecule has 0 spiro atoms. The zero-order chi connectivity index (χ0) is 13.5. The molecule has 0 amide bonds. The minimum absolute atomic E-state index is 0.771. The summed E-state index contributed by atoms with van der Waals surface area (Å²) in [5.74, 6) is 1.60. The molecular formula is C18H29N. The zero-order valence-corrected chi connectivity index (χ0v) is 12.6. The third-order valence-electron chi connectivity index (χ3n) is 4.58. The monoisotopic (exact) mass is 259 g/mol. The van der Waals surface area contributed by atoms with E-state index in [1.807, 2.05) is 0 Å². The van der Waals surface area contributed by atoms with Gasteiger partial charge in [-0.2, -0.15) is 0 Å². The van der Waals surface area contributed by atoms with E-state index >= 15 is 0 Å². The van der Waals surface area contributed by atoms with Crippen molar-refractivity contribution < 1.29 is 0 Å². The van der Waals surface area contributed by atoms with Crippen molar-refractivity contribution in [3.8, 4) is 0 Å². The van der Waals surface area contributed by atoms with E-state index < -0.39 is 0 Å². The van der Waals surface area contributed by atoms with Crippen molar-refractivity contribution in [2.24, 2.45) is 5.92 Å². The third-order valence-corrected chi connectivity index (χ3v) is 4.58. The van der Waals surface area contributed by atoms with E-state index in [4.69, 9.17) is 0 Å². The lowest BCUT2D eigenvalue weighted by molar-refractivity contribution is 0.375. The van der Waals surface area contributed by atoms with Crippen LogP contribution in [-0.4, -0.2) is 13.1 Å². The van der Waals surface area contributed by atoms with E-state index in [0.717, 1.165) is 18.4 Å². The van der Waals surface area contributed by atoms with Crippen LogP contribution in [0.3, 0.4) is 0 Å². The summed E-state index contributed by atoms with van der Waals surface area (Å²) in [6.07, 6.45) is 8.26. The molecule has 0 aromatic heterocycles. The lowest BCUT2D eigenvalue weighted by Crippen LogP contribution is -2.27. The van der Waals surface area contributed by atoms with Gasteiger partial charge in [0.1, 0.15) is 0 Å². The highest BCUT2D eigenvalue weighted by molar-refractivity contribution is 5.30. The fourth-order valence-corrected chi connectivity index (χ4v) is 3.51. The molecule has 0 radical (unpaired) electrons. The van der Waals surface area contributed by atoms with E-state index in [-0.39, 0.29) is 0 Å². The Kier molecular flexibility index (Phi) is 5.91. The summed E-state index contributed by atoms with van der Waals surface area (Å²) in [5, 5.41) is 3.65. The maximum atomic E-state index is 3.65. The van der Waals surface area contributed by atoms with Crippen molar-refractivity contribution in [1.29, 1.82) is 0 Å². The Morgan fingerprint density at radius 1 is 1.11 bits per heavy atom. The summed E-state index contributed by atoms with van der Waals surface area (Å²) in [5.41, 5.74) is 3.09. The second-order valence-electron chi connectivity index (χ2n) is 6.07. The van der Waals surface area contributed by atoms with E-state index in [2.05, 4.69) is 43.4 Å². The average Bonchev–Trinajstić information content (AvgIpc) is 2.65. The second kappa shape index (κ2) is 7.69. The van der Waals surface area contributed by atoms with Crippen LogP contribution in [0, 0.1) is 12.8 Å². The molecule has 1 N–H and O–H groups in total. The van der Waals surface area contributed by atoms with Crippen LogP contribution in [0.25, 0.3) is 0 Å². The fourth-order valence-electron chi connectivity index (χ4n) is 3.51. The fraction of sp³-hybridized carbons (Fsp3) is 0.667. The van der Waals surface area contributed by atoms with E-state index in [9.17, 15) is 0 Å². The maximum absolute atomic E-state index is 3.65. The number of rotatable bonds is 5. The molecule has 1 nitrogen and oxygen atoms in total. The first-order valence-corrected chi connectivity index (χ1v) is 8.09. The Hall–Kier alpha value is -0.820. The summed E-state index contributed by atoms with van der Waals surface area (Å²) in [4.78, 5) is 0. The second-order valence-corrected chi connectivity index (χ2v) is 6.07. The summed E-state index contributed by atoms with van der Waals surface area (Å²) in [7, 11) is 0. The smallest absolute Gasteiger partial charge is 0.00147 e. The minimum atomic E-state index is 0.771. The van der Waals surface area contributed by atoms with Gasteiger partial charge in [0.15, 0.2) is 0 Å². The van der Waals surface area contributed by atoms with Crippen LogP contribution in [0.1, 0.15) is 62.5 Å². The molecule has 1 aliphatic carbocycles. The first kappa shape index (κ1) is 14.6. The molecule has 2 atom stereocenters. The van der Waals surface area contributed by atoms with Gasteiger partial charge in [0.2, 0.25) is 0 Å². The Morgan fingerprint density at radius 2 is 1.89 bits per heavy atom. The van der Waals surface area contributed by atoms with Gasteiger partial charge < -0.3 is 5.32 Å². The highest BCUT2D eigenvalue weighted by Crippen LogP contribution is 2.37. The van der Waals surface area contributed by atoms with Crippen LogP contribution in [0.2, 0.25) is 0 Å². The lowest BCUT2D eigenvalue weighted by Gasteiger charge is -2.27. The summed E-state index contributed by atoms with van der Waals surface area (Å²) in [6, 6.07) is 9.01. The number of hydrogen-bond acceptors (Lipinski definition) is 1. The number of nitrogens with one attached hydrogen (secondary N) is 1. The van der Waals surface area contributed by atoms with Crippen LogP contribution in [0.5, 0.6) is 0 Å². The molecular weight excluding hydrogens is 230 g/mol. The van der Waals surface area contributed by atoms with Crippen molar-refractivity contribution in [3.63, 3.8) is 0 Å². The van der Waals surface area contributed by atoms with Crippen LogP contribution in [0.15, 0.2) is 24.3 Å². The normalized spacial score (nSPS) is 24.1. The van der Waals surface area contributed by atoms with E-state index in [1.165, 1.54) is 50.6 Å². The van der Waals surface area contributed by atoms with Gasteiger partial charge in [0.25, 0.3) is 0 Å². The first-order valence-electron chi connectivity index (χ1n) is 8.09. The highest BCUT2D eigenvalue weighted by Gasteiger charge is 2.25. The minimum Gasteiger partial charge on any atom is -0.316 e. The van der Waals surface area contributed by atoms with Gasteiger partial charge in [0.05, 0.1) is 0 Å². The molecule has 106 valence electrons. The molecule has 0 bridgehead atoms. The molecule has 0 aliphatic heterocycles. The average molecular weight is 259 g/mol. The molecule has 0 saturated heterocycles. The summed E-state index contributed by atoms with van der Waals surface area (Å²) >= 11 is 0. The quantitative estimate of drug-likeness (QED) is 0.599. The van der Waals surface area contributed by atoms with Gasteiger partial charge in [-0.3, -0.25) is 0 Å². The molecule has 1 aliphatic rings. The Morgan fingerprint density at radius 3 is 2.68 bits per heavy atom. The van der Waals surface area contributed by atoms with E-state index in [0.29, 0.717) is 0 Å². The molecule has 1 aromatic carbocycles. The molecule has 19 heavy (non-hydrogen) atoms.